The number of benzene rings is 1. The van der Waals surface area contributed by atoms with Crippen molar-refractivity contribution in [2.75, 3.05) is 0 Å². The monoisotopic (exact) mass is 171 g/mol. The molecule has 0 saturated heterocycles. The van der Waals surface area contributed by atoms with Gasteiger partial charge in [0.05, 0.1) is 0 Å². The molecule has 0 aliphatic rings. The first kappa shape index (κ1) is 7.92. The molecule has 62 valence electrons. The van der Waals surface area contributed by atoms with Crippen molar-refractivity contribution in [3.8, 4) is 5.75 Å². The summed E-state index contributed by atoms with van der Waals surface area (Å²) in [6, 6.07) is 9.06. The van der Waals surface area contributed by atoms with Gasteiger partial charge >= 0.3 is 74.9 Å². The van der Waals surface area contributed by atoms with Crippen LogP contribution in [0, 0.1) is 0 Å². The van der Waals surface area contributed by atoms with Crippen LogP contribution in [0.4, 0.5) is 0 Å². The van der Waals surface area contributed by atoms with Crippen LogP contribution >= 0.6 is 0 Å². The molecular weight excluding hydrogens is 165 g/mol. The molecule has 0 unspecified atom stereocenters. The van der Waals surface area contributed by atoms with Crippen LogP contribution in [0.1, 0.15) is 0 Å². The minimum atomic E-state index is 0.414. The van der Waals surface area contributed by atoms with Crippen LogP contribution in [-0.2, 0) is 4.70 Å². The SMILES string of the molecule is O=BOc1ccc2ncccc2c1. The number of hydrogen-bond donors (Lipinski definition) is 0. The normalized spacial score (nSPS) is 9.54. The molecule has 0 atom stereocenters. The second-order valence-corrected chi connectivity index (χ2v) is 2.57. The molecule has 2 aromatic rings. The van der Waals surface area contributed by atoms with Crippen molar-refractivity contribution in [1.29, 1.82) is 0 Å². The van der Waals surface area contributed by atoms with Crippen LogP contribution < -0.4 is 4.65 Å². The van der Waals surface area contributed by atoms with Crippen molar-refractivity contribution in [3.05, 3.63) is 36.5 Å². The molecule has 0 aliphatic heterocycles. The third-order valence-corrected chi connectivity index (χ3v) is 1.76. The van der Waals surface area contributed by atoms with Gasteiger partial charge in [-0.05, 0) is 0 Å². The first-order chi connectivity index (χ1) is 6.40. The van der Waals surface area contributed by atoms with Crippen LogP contribution in [-0.4, -0.2) is 12.3 Å². The summed E-state index contributed by atoms with van der Waals surface area (Å²) >= 11 is 0. The number of aromatic nitrogens is 1. The Hall–Kier alpha value is -1.71. The Kier molecular flexibility index (Phi) is 2.04. The summed E-state index contributed by atoms with van der Waals surface area (Å²) < 4.78 is 14.8. The van der Waals surface area contributed by atoms with E-state index in [9.17, 15) is 4.70 Å². The van der Waals surface area contributed by atoms with Gasteiger partial charge in [-0.1, -0.05) is 0 Å². The Balaban J connectivity index is 2.55. The summed E-state index contributed by atoms with van der Waals surface area (Å²) in [5.41, 5.74) is 0.890. The second-order valence-electron chi connectivity index (χ2n) is 2.57. The Morgan fingerprint density at radius 2 is 2.23 bits per heavy atom. The Morgan fingerprint density at radius 1 is 1.31 bits per heavy atom. The van der Waals surface area contributed by atoms with Crippen LogP contribution in [0.2, 0.25) is 0 Å². The fraction of sp³-hybridized carbons (Fsp3) is 0. The van der Waals surface area contributed by atoms with E-state index in [4.69, 9.17) is 4.65 Å². The van der Waals surface area contributed by atoms with Gasteiger partial charge in [-0.2, -0.15) is 0 Å². The summed E-state index contributed by atoms with van der Waals surface area (Å²) in [6.07, 6.45) is 1.72. The van der Waals surface area contributed by atoms with Gasteiger partial charge in [0, 0.05) is 0 Å². The molecule has 0 aliphatic carbocycles. The standard InChI is InChI=1S/C9H6BNO2/c12-10-13-8-3-4-9-7(6-8)2-1-5-11-9/h1-6H. The zero-order valence-corrected chi connectivity index (χ0v) is 6.81. The molecule has 1 heterocycles. The van der Waals surface area contributed by atoms with Gasteiger partial charge in [0.25, 0.3) is 0 Å². The first-order valence-electron chi connectivity index (χ1n) is 3.85. The van der Waals surface area contributed by atoms with Crippen LogP contribution in [0.25, 0.3) is 10.9 Å². The Labute approximate surface area is 75.6 Å². The quantitative estimate of drug-likeness (QED) is 0.643. The van der Waals surface area contributed by atoms with Gasteiger partial charge in [-0.15, -0.1) is 0 Å². The molecule has 13 heavy (non-hydrogen) atoms. The number of fused-ring (bicyclic) bond motifs is 1. The topological polar surface area (TPSA) is 39.2 Å². The number of hydrogen-bond acceptors (Lipinski definition) is 3. The van der Waals surface area contributed by atoms with Crippen LogP contribution in [0.15, 0.2) is 36.5 Å². The predicted octanol–water partition coefficient (Wildman–Crippen LogP) is 1.58. The summed E-state index contributed by atoms with van der Waals surface area (Å²) in [6.45, 7) is 0. The molecule has 0 N–H and O–H groups in total. The molecule has 0 radical (unpaired) electrons. The van der Waals surface area contributed by atoms with Crippen molar-refractivity contribution in [2.24, 2.45) is 0 Å². The van der Waals surface area contributed by atoms with E-state index in [2.05, 4.69) is 4.98 Å². The van der Waals surface area contributed by atoms with E-state index in [1.807, 2.05) is 18.2 Å². The number of rotatable bonds is 2. The van der Waals surface area contributed by atoms with E-state index >= 15 is 0 Å². The van der Waals surface area contributed by atoms with E-state index in [1.54, 1.807) is 18.3 Å². The number of nitrogens with zero attached hydrogens (tertiary/aromatic N) is 1. The zero-order chi connectivity index (χ0) is 9.10. The van der Waals surface area contributed by atoms with Crippen molar-refractivity contribution in [1.82, 2.24) is 4.98 Å². The van der Waals surface area contributed by atoms with Crippen molar-refractivity contribution >= 4 is 18.3 Å². The molecule has 4 heteroatoms. The maximum absolute atomic E-state index is 10.1. The fourth-order valence-electron chi connectivity index (χ4n) is 1.18. The maximum atomic E-state index is 10.1. The van der Waals surface area contributed by atoms with Gasteiger partial charge in [0.1, 0.15) is 0 Å². The van der Waals surface area contributed by atoms with E-state index in [1.165, 1.54) is 0 Å². The zero-order valence-electron chi connectivity index (χ0n) is 6.81. The van der Waals surface area contributed by atoms with E-state index in [0.717, 1.165) is 10.9 Å². The second kappa shape index (κ2) is 3.35. The predicted molar refractivity (Wildman–Crippen MR) is 48.8 cm³/mol. The van der Waals surface area contributed by atoms with Crippen LogP contribution in [0.3, 0.4) is 0 Å². The molecule has 2 rings (SSSR count). The Bertz CT molecular complexity index is 444. The van der Waals surface area contributed by atoms with E-state index < -0.39 is 0 Å². The van der Waals surface area contributed by atoms with Gasteiger partial charge in [0.2, 0.25) is 0 Å². The molecule has 1 aromatic carbocycles. The molecule has 0 amide bonds. The summed E-state index contributed by atoms with van der Waals surface area (Å²) in [5, 5.41) is 0.960. The fourth-order valence-corrected chi connectivity index (χ4v) is 1.18. The van der Waals surface area contributed by atoms with E-state index in [0.29, 0.717) is 13.1 Å². The molecule has 0 fully saturated rings. The Morgan fingerprint density at radius 3 is 3.08 bits per heavy atom. The van der Waals surface area contributed by atoms with Gasteiger partial charge in [0.15, 0.2) is 0 Å². The summed E-state index contributed by atoms with van der Waals surface area (Å²) in [4.78, 5) is 4.14. The van der Waals surface area contributed by atoms with Gasteiger partial charge < -0.3 is 0 Å². The number of pyridine rings is 1. The van der Waals surface area contributed by atoms with Crippen molar-refractivity contribution in [3.63, 3.8) is 0 Å². The van der Waals surface area contributed by atoms with Gasteiger partial charge in [-0.3, -0.25) is 0 Å². The molecule has 0 saturated carbocycles. The average molecular weight is 171 g/mol. The third kappa shape index (κ3) is 1.56. The first-order valence-corrected chi connectivity index (χ1v) is 3.85. The third-order valence-electron chi connectivity index (χ3n) is 1.76. The molecule has 0 spiro atoms. The minimum absolute atomic E-state index is 0.414. The molecule has 1 aromatic heterocycles. The van der Waals surface area contributed by atoms with E-state index in [-0.39, 0.29) is 0 Å². The molecule has 3 nitrogen and oxygen atoms in total. The van der Waals surface area contributed by atoms with Crippen LogP contribution in [0.5, 0.6) is 5.75 Å². The van der Waals surface area contributed by atoms with Gasteiger partial charge in [-0.25, -0.2) is 0 Å². The van der Waals surface area contributed by atoms with Crippen molar-refractivity contribution < 1.29 is 9.36 Å². The summed E-state index contributed by atoms with van der Waals surface area (Å²) in [7, 11) is 0.414. The molecule has 0 bridgehead atoms. The summed E-state index contributed by atoms with van der Waals surface area (Å²) in [5.74, 6) is 0.538. The average Bonchev–Trinajstić information content (AvgIpc) is 2.18. The molecular formula is C9H6BNO2. The van der Waals surface area contributed by atoms with Crippen molar-refractivity contribution in [2.45, 2.75) is 0 Å².